The van der Waals surface area contributed by atoms with Gasteiger partial charge >= 0.3 is 9.05 Å². The molecule has 3 unspecified atom stereocenters. The van der Waals surface area contributed by atoms with Crippen molar-refractivity contribution in [3.05, 3.63) is 28.7 Å². The van der Waals surface area contributed by atoms with Crippen molar-refractivity contribution >= 4 is 94.6 Å². The van der Waals surface area contributed by atoms with Crippen LogP contribution in [-0.2, 0) is 13.3 Å². The minimum Gasteiger partial charge on any atom is -0.479 e. The van der Waals surface area contributed by atoms with Crippen molar-refractivity contribution in [1.29, 1.82) is 0 Å². The predicted molar refractivity (Wildman–Crippen MR) is 119 cm³/mol. The first-order valence-electron chi connectivity index (χ1n) is 7.81. The molecule has 0 N–H and O–H groups in total. The van der Waals surface area contributed by atoms with Gasteiger partial charge in [0, 0.05) is 17.6 Å². The summed E-state index contributed by atoms with van der Waals surface area (Å²) in [4.78, 5) is 0. The molecule has 0 fully saturated rings. The van der Waals surface area contributed by atoms with Gasteiger partial charge in [0.05, 0.1) is 40.4 Å². The van der Waals surface area contributed by atoms with Crippen molar-refractivity contribution in [3.8, 4) is 5.75 Å². The van der Waals surface area contributed by atoms with Crippen LogP contribution in [0.15, 0.2) is 28.7 Å². The van der Waals surface area contributed by atoms with Gasteiger partial charge in [-0.3, -0.25) is 0 Å². The molecule has 0 bridgehead atoms. The van der Waals surface area contributed by atoms with E-state index in [9.17, 15) is 0 Å². The molecule has 0 amide bonds. The molecule has 0 aromatic heterocycles. The Hall–Kier alpha value is 1.34. The van der Waals surface area contributed by atoms with E-state index in [0.717, 1.165) is 0 Å². The highest BCUT2D eigenvalue weighted by molar-refractivity contribution is 9.10. The topological polar surface area (TPSA) is 36.9 Å². The Morgan fingerprint density at radius 1 is 0.778 bits per heavy atom. The number of para-hydroxylation sites is 1. The highest BCUT2D eigenvalue weighted by atomic mass is 79.9. The zero-order valence-electron chi connectivity index (χ0n) is 14.1. The van der Waals surface area contributed by atoms with Crippen molar-refractivity contribution in [2.45, 2.75) is 16.1 Å². The van der Waals surface area contributed by atoms with Crippen molar-refractivity contribution in [1.82, 2.24) is 0 Å². The second kappa shape index (κ2) is 14.4. The maximum absolute atomic E-state index is 6.08. The zero-order valence-corrected chi connectivity index (χ0v) is 21.2. The maximum Gasteiger partial charge on any atom is 0.749 e. The van der Waals surface area contributed by atoms with E-state index in [0.29, 0.717) is 10.2 Å². The molecule has 1 aromatic carbocycles. The van der Waals surface area contributed by atoms with Gasteiger partial charge in [0.1, 0.15) is 5.75 Å². The Labute approximate surface area is 199 Å². The summed E-state index contributed by atoms with van der Waals surface area (Å²) >= 11 is 38.9. The lowest BCUT2D eigenvalue weighted by Crippen LogP contribution is -2.55. The lowest BCUT2D eigenvalue weighted by Gasteiger charge is -2.30. The van der Waals surface area contributed by atoms with Crippen LogP contribution >= 0.6 is 85.5 Å². The molecule has 0 spiro atoms. The Bertz CT molecular complexity index is 511. The second-order valence-electron chi connectivity index (χ2n) is 5.22. The van der Waals surface area contributed by atoms with Gasteiger partial charge in [-0.25, -0.2) is 0 Å². The van der Waals surface area contributed by atoms with E-state index in [1.54, 1.807) is 12.1 Å². The fraction of sp³-hybridized carbons (Fsp3) is 0.600. The summed E-state index contributed by atoms with van der Waals surface area (Å²) in [5.41, 5.74) is 0. The average molecular weight is 584 g/mol. The molecule has 1 aromatic rings. The van der Waals surface area contributed by atoms with E-state index in [1.165, 1.54) is 0 Å². The standard InChI is InChI=1S/C15H19BrCl6O4Si/c16-14-3-1-2-4-15(14)26-27(23-8-11(20)5-17,24-9-12(21)6-18)25-10-13(22)7-19/h1-4,11-13H,5-10H2. The summed E-state index contributed by atoms with van der Waals surface area (Å²) in [5.74, 6) is 1.01. The molecule has 0 heterocycles. The smallest absolute Gasteiger partial charge is 0.479 e. The van der Waals surface area contributed by atoms with Gasteiger partial charge in [0.15, 0.2) is 0 Å². The molecular weight excluding hydrogens is 565 g/mol. The highest BCUT2D eigenvalue weighted by Crippen LogP contribution is 2.28. The molecule has 0 saturated heterocycles. The van der Waals surface area contributed by atoms with Crippen molar-refractivity contribution < 1.29 is 17.7 Å². The number of rotatable bonds is 14. The third kappa shape index (κ3) is 10.3. The van der Waals surface area contributed by atoms with Gasteiger partial charge < -0.3 is 17.7 Å². The van der Waals surface area contributed by atoms with Gasteiger partial charge in [-0.05, 0) is 28.1 Å². The first-order valence-corrected chi connectivity index (χ1v) is 13.1. The van der Waals surface area contributed by atoms with Crippen molar-refractivity contribution in [2.75, 3.05) is 37.5 Å². The Balaban J connectivity index is 3.07. The lowest BCUT2D eigenvalue weighted by atomic mass is 10.3. The molecular formula is C15H19BrCl6O4Si. The van der Waals surface area contributed by atoms with Crippen molar-refractivity contribution in [3.63, 3.8) is 0 Å². The molecule has 0 saturated carbocycles. The molecule has 0 aliphatic heterocycles. The van der Waals surface area contributed by atoms with Gasteiger partial charge in [-0.15, -0.1) is 69.6 Å². The van der Waals surface area contributed by atoms with Crippen molar-refractivity contribution in [2.24, 2.45) is 0 Å². The van der Waals surface area contributed by atoms with Crippen LogP contribution in [0.4, 0.5) is 0 Å². The first kappa shape index (κ1) is 26.4. The molecule has 4 nitrogen and oxygen atoms in total. The fourth-order valence-electron chi connectivity index (χ4n) is 1.59. The first-order chi connectivity index (χ1) is 12.9. The van der Waals surface area contributed by atoms with Gasteiger partial charge in [0.2, 0.25) is 0 Å². The molecule has 0 aliphatic rings. The Morgan fingerprint density at radius 2 is 1.19 bits per heavy atom. The molecule has 12 heteroatoms. The number of alkyl halides is 6. The summed E-state index contributed by atoms with van der Waals surface area (Å²) in [5, 5.41) is -1.39. The van der Waals surface area contributed by atoms with Crippen LogP contribution < -0.4 is 4.43 Å². The van der Waals surface area contributed by atoms with Crippen LogP contribution in [0, 0.1) is 0 Å². The average Bonchev–Trinajstić information content (AvgIpc) is 2.69. The second-order valence-corrected chi connectivity index (χ2v) is 10.9. The lowest BCUT2D eigenvalue weighted by molar-refractivity contribution is 0.00202. The summed E-state index contributed by atoms with van der Waals surface area (Å²) in [7, 11) is -3.76. The predicted octanol–water partition coefficient (Wildman–Crippen LogP) is 5.85. The minimum absolute atomic E-state index is 0.0450. The zero-order chi connectivity index (χ0) is 20.3. The van der Waals surface area contributed by atoms with Crippen LogP contribution in [0.5, 0.6) is 5.75 Å². The van der Waals surface area contributed by atoms with Gasteiger partial charge in [-0.2, -0.15) is 0 Å². The molecule has 0 radical (unpaired) electrons. The summed E-state index contributed by atoms with van der Waals surface area (Å²) in [6.45, 7) is 0.135. The molecule has 3 atom stereocenters. The van der Waals surface area contributed by atoms with Gasteiger partial charge in [-0.1, -0.05) is 12.1 Å². The number of hydrogen-bond acceptors (Lipinski definition) is 4. The highest BCUT2D eigenvalue weighted by Gasteiger charge is 2.50. The normalized spacial score (nSPS) is 17.1. The van der Waals surface area contributed by atoms with E-state index >= 15 is 0 Å². The fourth-order valence-corrected chi connectivity index (χ4v) is 4.97. The van der Waals surface area contributed by atoms with E-state index in [2.05, 4.69) is 15.9 Å². The largest absolute Gasteiger partial charge is 0.749 e. The van der Waals surface area contributed by atoms with Crippen LogP contribution in [0.2, 0.25) is 0 Å². The van der Waals surface area contributed by atoms with Crippen LogP contribution in [0.1, 0.15) is 0 Å². The van der Waals surface area contributed by atoms with Gasteiger partial charge in [0.25, 0.3) is 0 Å². The Kier molecular flexibility index (Phi) is 14.0. The molecule has 156 valence electrons. The third-order valence-corrected chi connectivity index (χ3v) is 8.01. The summed E-state index contributed by atoms with van der Waals surface area (Å²) in [6.07, 6.45) is 0. The monoisotopic (exact) mass is 580 g/mol. The minimum atomic E-state index is -3.76. The number of hydrogen-bond donors (Lipinski definition) is 0. The number of halogens is 7. The van der Waals surface area contributed by atoms with Crippen LogP contribution in [0.3, 0.4) is 0 Å². The summed E-state index contributed by atoms with van der Waals surface area (Å²) in [6, 6.07) is 7.19. The van der Waals surface area contributed by atoms with E-state index in [1.807, 2.05) is 12.1 Å². The van der Waals surface area contributed by atoms with Crippen LogP contribution in [-0.4, -0.2) is 62.6 Å². The molecule has 0 aliphatic carbocycles. The summed E-state index contributed by atoms with van der Waals surface area (Å²) < 4.78 is 24.3. The SMILES string of the molecule is ClCC(Cl)CO[Si](OCC(Cl)CCl)(OCC(Cl)CCl)Oc1ccccc1Br. The quantitative estimate of drug-likeness (QED) is 0.203. The van der Waals surface area contributed by atoms with E-state index in [-0.39, 0.29) is 37.5 Å². The molecule has 1 rings (SSSR count). The third-order valence-electron chi connectivity index (χ3n) is 2.90. The maximum atomic E-state index is 6.08. The number of benzene rings is 1. The van der Waals surface area contributed by atoms with E-state index < -0.39 is 25.2 Å². The Morgan fingerprint density at radius 3 is 1.56 bits per heavy atom. The molecule has 27 heavy (non-hydrogen) atoms. The van der Waals surface area contributed by atoms with Crippen LogP contribution in [0.25, 0.3) is 0 Å². The van der Waals surface area contributed by atoms with E-state index in [4.69, 9.17) is 87.3 Å².